The Balaban J connectivity index is 2.58. The van der Waals surface area contributed by atoms with E-state index >= 15 is 0 Å². The summed E-state index contributed by atoms with van der Waals surface area (Å²) in [6, 6.07) is 8.39. The van der Waals surface area contributed by atoms with E-state index < -0.39 is 0 Å². The largest absolute Gasteiger partial charge is 0.338 e. The van der Waals surface area contributed by atoms with Gasteiger partial charge in [-0.2, -0.15) is 0 Å². The molecule has 0 bridgehead atoms. The van der Waals surface area contributed by atoms with Gasteiger partial charge < -0.3 is 10.6 Å². The van der Waals surface area contributed by atoms with Gasteiger partial charge in [-0.05, 0) is 37.3 Å². The highest BCUT2D eigenvalue weighted by atomic mass is 16.2. The van der Waals surface area contributed by atoms with E-state index in [0.29, 0.717) is 12.5 Å². The lowest BCUT2D eigenvalue weighted by atomic mass is 10.00. The molecule has 1 aromatic carbocycles. The van der Waals surface area contributed by atoms with Gasteiger partial charge in [0, 0.05) is 6.54 Å². The van der Waals surface area contributed by atoms with Crippen molar-refractivity contribution in [2.24, 2.45) is 5.92 Å². The summed E-state index contributed by atoms with van der Waals surface area (Å²) in [5, 5.41) is 5.64. The molecule has 0 heterocycles. The van der Waals surface area contributed by atoms with Gasteiger partial charge >= 0.3 is 6.03 Å². The third-order valence-electron chi connectivity index (χ3n) is 2.81. The lowest BCUT2D eigenvalue weighted by Gasteiger charge is -2.15. The number of carbonyl (C=O) groups excluding carboxylic acids is 1. The van der Waals surface area contributed by atoms with E-state index in [2.05, 4.69) is 48.7 Å². The number of urea groups is 1. The van der Waals surface area contributed by atoms with Crippen LogP contribution in [0.4, 0.5) is 4.79 Å². The Morgan fingerprint density at radius 3 is 2.28 bits per heavy atom. The van der Waals surface area contributed by atoms with Gasteiger partial charge in [0.1, 0.15) is 0 Å². The first-order chi connectivity index (χ1) is 8.52. The number of carbonyl (C=O) groups is 1. The van der Waals surface area contributed by atoms with E-state index in [1.165, 1.54) is 5.56 Å². The molecule has 3 nitrogen and oxygen atoms in total. The van der Waals surface area contributed by atoms with Gasteiger partial charge in [-0.1, -0.05) is 38.1 Å². The van der Waals surface area contributed by atoms with Crippen LogP contribution in [0.5, 0.6) is 0 Å². The van der Waals surface area contributed by atoms with E-state index in [1.807, 2.05) is 13.8 Å². The summed E-state index contributed by atoms with van der Waals surface area (Å²) in [4.78, 5) is 11.4. The molecule has 0 radical (unpaired) electrons. The Kier molecular flexibility index (Phi) is 5.69. The average molecular weight is 248 g/mol. The van der Waals surface area contributed by atoms with E-state index in [9.17, 15) is 4.79 Å². The first-order valence-corrected chi connectivity index (χ1v) is 6.66. The number of hydrogen-bond donors (Lipinski definition) is 2. The molecular weight excluding hydrogens is 224 g/mol. The summed E-state index contributed by atoms with van der Waals surface area (Å²) in [6.07, 6.45) is 1.10. The average Bonchev–Trinajstić information content (AvgIpc) is 2.29. The lowest BCUT2D eigenvalue weighted by molar-refractivity contribution is 0.238. The van der Waals surface area contributed by atoms with Gasteiger partial charge in [0.2, 0.25) is 0 Å². The van der Waals surface area contributed by atoms with Crippen LogP contribution in [0, 0.1) is 5.92 Å². The molecular formula is C15H24N2O. The Bertz CT molecular complexity index is 371. The summed E-state index contributed by atoms with van der Waals surface area (Å²) in [5.74, 6) is 0.668. The number of hydrogen-bond acceptors (Lipinski definition) is 1. The van der Waals surface area contributed by atoms with Crippen LogP contribution < -0.4 is 10.6 Å². The second-order valence-corrected chi connectivity index (χ2v) is 5.07. The van der Waals surface area contributed by atoms with Gasteiger partial charge in [0.05, 0.1) is 6.04 Å². The zero-order valence-corrected chi connectivity index (χ0v) is 11.8. The zero-order chi connectivity index (χ0) is 13.5. The van der Waals surface area contributed by atoms with Crippen LogP contribution in [0.3, 0.4) is 0 Å². The molecule has 0 saturated heterocycles. The standard InChI is InChI=1S/C15H24N2O/c1-5-16-15(18)17-12(4)14-8-6-13(7-9-14)10-11(2)3/h6-9,11-12H,5,10H2,1-4H3,(H2,16,17,18). The summed E-state index contributed by atoms with van der Waals surface area (Å²) in [5.41, 5.74) is 2.48. The fourth-order valence-electron chi connectivity index (χ4n) is 1.91. The van der Waals surface area contributed by atoms with Gasteiger partial charge in [-0.3, -0.25) is 0 Å². The zero-order valence-electron chi connectivity index (χ0n) is 11.8. The van der Waals surface area contributed by atoms with Crippen molar-refractivity contribution >= 4 is 6.03 Å². The van der Waals surface area contributed by atoms with Crippen LogP contribution in [0.1, 0.15) is 44.9 Å². The van der Waals surface area contributed by atoms with Crippen molar-refractivity contribution < 1.29 is 4.79 Å². The summed E-state index contributed by atoms with van der Waals surface area (Å²) in [6.45, 7) is 8.98. The molecule has 1 atom stereocenters. The lowest BCUT2D eigenvalue weighted by Crippen LogP contribution is -2.36. The minimum atomic E-state index is -0.115. The summed E-state index contributed by atoms with van der Waals surface area (Å²) in [7, 11) is 0. The second kappa shape index (κ2) is 7.04. The van der Waals surface area contributed by atoms with Crippen molar-refractivity contribution in [1.29, 1.82) is 0 Å². The van der Waals surface area contributed by atoms with Crippen molar-refractivity contribution in [2.75, 3.05) is 6.54 Å². The fourth-order valence-corrected chi connectivity index (χ4v) is 1.91. The third kappa shape index (κ3) is 4.78. The van der Waals surface area contributed by atoms with Crippen molar-refractivity contribution in [1.82, 2.24) is 10.6 Å². The molecule has 0 fully saturated rings. The minimum Gasteiger partial charge on any atom is -0.338 e. The van der Waals surface area contributed by atoms with Crippen LogP contribution >= 0.6 is 0 Å². The molecule has 100 valence electrons. The predicted octanol–water partition coefficient (Wildman–Crippen LogP) is 3.27. The van der Waals surface area contributed by atoms with Crippen LogP contribution in [-0.2, 0) is 6.42 Å². The molecule has 1 rings (SSSR count). The SMILES string of the molecule is CCNC(=O)NC(C)c1ccc(CC(C)C)cc1. The van der Waals surface area contributed by atoms with Crippen LogP contribution in [0.15, 0.2) is 24.3 Å². The van der Waals surface area contributed by atoms with Crippen LogP contribution in [0.25, 0.3) is 0 Å². The topological polar surface area (TPSA) is 41.1 Å². The maximum Gasteiger partial charge on any atom is 0.315 e. The molecule has 0 spiro atoms. The highest BCUT2D eigenvalue weighted by Crippen LogP contribution is 2.15. The van der Waals surface area contributed by atoms with Crippen LogP contribution in [-0.4, -0.2) is 12.6 Å². The van der Waals surface area contributed by atoms with Crippen molar-refractivity contribution in [3.63, 3.8) is 0 Å². The monoisotopic (exact) mass is 248 g/mol. The van der Waals surface area contributed by atoms with Crippen molar-refractivity contribution in [2.45, 2.75) is 40.2 Å². The first-order valence-electron chi connectivity index (χ1n) is 6.66. The van der Waals surface area contributed by atoms with Gasteiger partial charge in [-0.25, -0.2) is 4.79 Å². The molecule has 0 aromatic heterocycles. The molecule has 3 heteroatoms. The Morgan fingerprint density at radius 2 is 1.78 bits per heavy atom. The Morgan fingerprint density at radius 1 is 1.17 bits per heavy atom. The summed E-state index contributed by atoms with van der Waals surface area (Å²) < 4.78 is 0. The molecule has 1 aromatic rings. The van der Waals surface area contributed by atoms with E-state index in [-0.39, 0.29) is 12.1 Å². The molecule has 0 aliphatic carbocycles. The smallest absolute Gasteiger partial charge is 0.315 e. The molecule has 0 saturated carbocycles. The third-order valence-corrected chi connectivity index (χ3v) is 2.81. The summed E-state index contributed by atoms with van der Waals surface area (Å²) >= 11 is 0. The van der Waals surface area contributed by atoms with E-state index in [4.69, 9.17) is 0 Å². The number of benzene rings is 1. The Hall–Kier alpha value is -1.51. The van der Waals surface area contributed by atoms with E-state index in [0.717, 1.165) is 12.0 Å². The quantitative estimate of drug-likeness (QED) is 0.825. The van der Waals surface area contributed by atoms with Crippen LogP contribution in [0.2, 0.25) is 0 Å². The molecule has 0 aliphatic heterocycles. The van der Waals surface area contributed by atoms with E-state index in [1.54, 1.807) is 0 Å². The fraction of sp³-hybridized carbons (Fsp3) is 0.533. The van der Waals surface area contributed by atoms with Gasteiger partial charge in [0.25, 0.3) is 0 Å². The second-order valence-electron chi connectivity index (χ2n) is 5.07. The molecule has 1 unspecified atom stereocenters. The highest BCUT2D eigenvalue weighted by molar-refractivity contribution is 5.74. The number of rotatable bonds is 5. The molecule has 0 aliphatic rings. The number of amides is 2. The highest BCUT2D eigenvalue weighted by Gasteiger charge is 2.08. The number of nitrogens with one attached hydrogen (secondary N) is 2. The van der Waals surface area contributed by atoms with Gasteiger partial charge in [0.15, 0.2) is 0 Å². The Labute approximate surface area is 110 Å². The molecule has 18 heavy (non-hydrogen) atoms. The maximum atomic E-state index is 11.4. The van der Waals surface area contributed by atoms with Crippen molar-refractivity contribution in [3.8, 4) is 0 Å². The van der Waals surface area contributed by atoms with Crippen molar-refractivity contribution in [3.05, 3.63) is 35.4 Å². The predicted molar refractivity (Wildman–Crippen MR) is 75.6 cm³/mol. The molecule has 2 N–H and O–H groups in total. The maximum absolute atomic E-state index is 11.4. The normalized spacial score (nSPS) is 12.3. The minimum absolute atomic E-state index is 0.0321. The molecule has 2 amide bonds. The first kappa shape index (κ1) is 14.6. The van der Waals surface area contributed by atoms with Gasteiger partial charge in [-0.15, -0.1) is 0 Å².